The number of carbonyl (C=O) groups excluding carboxylic acids is 2. The molecule has 1 N–H and O–H groups in total. The number of hydrogen-bond acceptors (Lipinski definition) is 4. The standard InChI is InChI=1S/C19H16F3NO4/c20-19(21,22)27-16-8-6-15(7-9-16)23-17(24)11-26-18(25)14-5-4-12-2-1-3-13(12)10-14/h4-10H,1-3,11H2,(H,23,24). The number of carbonyl (C=O) groups is 2. The molecule has 1 amide bonds. The molecule has 0 saturated carbocycles. The van der Waals surface area contributed by atoms with Gasteiger partial charge in [-0.25, -0.2) is 4.79 Å². The lowest BCUT2D eigenvalue weighted by Gasteiger charge is -2.10. The number of ether oxygens (including phenoxy) is 2. The molecule has 1 aliphatic carbocycles. The van der Waals surface area contributed by atoms with Crippen molar-refractivity contribution in [3.8, 4) is 5.75 Å². The van der Waals surface area contributed by atoms with Crippen molar-refractivity contribution in [2.24, 2.45) is 0 Å². The van der Waals surface area contributed by atoms with E-state index < -0.39 is 30.6 Å². The van der Waals surface area contributed by atoms with E-state index in [-0.39, 0.29) is 5.69 Å². The maximum absolute atomic E-state index is 12.1. The minimum absolute atomic E-state index is 0.253. The van der Waals surface area contributed by atoms with Crippen LogP contribution in [0, 0.1) is 0 Å². The van der Waals surface area contributed by atoms with Crippen LogP contribution in [0.5, 0.6) is 5.75 Å². The molecule has 2 aromatic carbocycles. The number of esters is 1. The molecule has 0 heterocycles. The summed E-state index contributed by atoms with van der Waals surface area (Å²) >= 11 is 0. The van der Waals surface area contributed by atoms with Gasteiger partial charge < -0.3 is 14.8 Å². The van der Waals surface area contributed by atoms with Crippen LogP contribution < -0.4 is 10.1 Å². The first-order chi connectivity index (χ1) is 12.8. The van der Waals surface area contributed by atoms with Gasteiger partial charge in [0.1, 0.15) is 5.75 Å². The fourth-order valence-electron chi connectivity index (χ4n) is 2.85. The number of hydrogen-bond donors (Lipinski definition) is 1. The van der Waals surface area contributed by atoms with Crippen molar-refractivity contribution in [1.82, 2.24) is 0 Å². The van der Waals surface area contributed by atoms with Crippen molar-refractivity contribution < 1.29 is 32.2 Å². The third-order valence-corrected chi connectivity index (χ3v) is 4.04. The zero-order valence-electron chi connectivity index (χ0n) is 14.1. The van der Waals surface area contributed by atoms with Crippen LogP contribution in [0.4, 0.5) is 18.9 Å². The molecule has 0 aromatic heterocycles. The fourth-order valence-corrected chi connectivity index (χ4v) is 2.85. The Hall–Kier alpha value is -3.03. The quantitative estimate of drug-likeness (QED) is 0.801. The number of amides is 1. The van der Waals surface area contributed by atoms with Crippen LogP contribution >= 0.6 is 0 Å². The highest BCUT2D eigenvalue weighted by molar-refractivity contribution is 5.95. The minimum atomic E-state index is -4.78. The fraction of sp³-hybridized carbons (Fsp3) is 0.263. The minimum Gasteiger partial charge on any atom is -0.452 e. The molecule has 0 bridgehead atoms. The van der Waals surface area contributed by atoms with E-state index in [0.717, 1.165) is 37.0 Å². The molecule has 0 radical (unpaired) electrons. The van der Waals surface area contributed by atoms with Gasteiger partial charge in [0, 0.05) is 5.69 Å². The van der Waals surface area contributed by atoms with Crippen molar-refractivity contribution in [2.45, 2.75) is 25.6 Å². The number of fused-ring (bicyclic) bond motifs is 1. The van der Waals surface area contributed by atoms with Gasteiger partial charge in [-0.2, -0.15) is 0 Å². The number of nitrogens with one attached hydrogen (secondary N) is 1. The van der Waals surface area contributed by atoms with Gasteiger partial charge in [-0.3, -0.25) is 4.79 Å². The molecule has 3 rings (SSSR count). The lowest BCUT2D eigenvalue weighted by Crippen LogP contribution is -2.21. The first-order valence-electron chi connectivity index (χ1n) is 8.25. The predicted molar refractivity (Wildman–Crippen MR) is 90.5 cm³/mol. The van der Waals surface area contributed by atoms with Gasteiger partial charge in [0.05, 0.1) is 5.56 Å². The summed E-state index contributed by atoms with van der Waals surface area (Å²) in [4.78, 5) is 23.9. The topological polar surface area (TPSA) is 64.6 Å². The predicted octanol–water partition coefficient (Wildman–Crippen LogP) is 3.87. The average molecular weight is 379 g/mol. The zero-order chi connectivity index (χ0) is 19.4. The highest BCUT2D eigenvalue weighted by Gasteiger charge is 2.31. The monoisotopic (exact) mass is 379 g/mol. The van der Waals surface area contributed by atoms with Crippen molar-refractivity contribution in [2.75, 3.05) is 11.9 Å². The lowest BCUT2D eigenvalue weighted by atomic mass is 10.1. The van der Waals surface area contributed by atoms with Gasteiger partial charge in [-0.05, 0) is 66.8 Å². The highest BCUT2D eigenvalue weighted by atomic mass is 19.4. The molecule has 0 aliphatic heterocycles. The van der Waals surface area contributed by atoms with Gasteiger partial charge in [-0.1, -0.05) is 6.07 Å². The van der Waals surface area contributed by atoms with Crippen molar-refractivity contribution in [1.29, 1.82) is 0 Å². The second-order valence-electron chi connectivity index (χ2n) is 6.03. The Morgan fingerprint density at radius 3 is 2.41 bits per heavy atom. The van der Waals surface area contributed by atoms with E-state index in [1.165, 1.54) is 17.7 Å². The van der Waals surface area contributed by atoms with Crippen LogP contribution in [0.15, 0.2) is 42.5 Å². The van der Waals surface area contributed by atoms with Crippen LogP contribution in [0.2, 0.25) is 0 Å². The molecule has 5 nitrogen and oxygen atoms in total. The number of aryl methyl sites for hydroxylation is 2. The van der Waals surface area contributed by atoms with Crippen LogP contribution in [0.3, 0.4) is 0 Å². The smallest absolute Gasteiger partial charge is 0.452 e. The Bertz CT molecular complexity index is 847. The average Bonchev–Trinajstić information content (AvgIpc) is 3.08. The first-order valence-corrected chi connectivity index (χ1v) is 8.25. The van der Waals surface area contributed by atoms with Gasteiger partial charge >= 0.3 is 12.3 Å². The van der Waals surface area contributed by atoms with Gasteiger partial charge in [0.25, 0.3) is 5.91 Å². The highest BCUT2D eigenvalue weighted by Crippen LogP contribution is 2.24. The maximum atomic E-state index is 12.1. The molecule has 27 heavy (non-hydrogen) atoms. The van der Waals surface area contributed by atoms with E-state index in [9.17, 15) is 22.8 Å². The third-order valence-electron chi connectivity index (χ3n) is 4.04. The summed E-state index contributed by atoms with van der Waals surface area (Å²) in [5.74, 6) is -1.61. The Balaban J connectivity index is 1.50. The number of rotatable bonds is 5. The summed E-state index contributed by atoms with van der Waals surface area (Å²) in [6.45, 7) is -0.503. The molecule has 0 spiro atoms. The van der Waals surface area contributed by atoms with E-state index >= 15 is 0 Å². The third kappa shape index (κ3) is 5.22. The number of benzene rings is 2. The van der Waals surface area contributed by atoms with E-state index in [2.05, 4.69) is 10.1 Å². The normalized spacial score (nSPS) is 13.0. The summed E-state index contributed by atoms with van der Waals surface area (Å²) in [6.07, 6.45) is -1.80. The molecular formula is C19H16F3NO4. The van der Waals surface area contributed by atoms with Crippen LogP contribution in [-0.2, 0) is 22.4 Å². The second kappa shape index (κ2) is 7.69. The SMILES string of the molecule is O=C(COC(=O)c1ccc2c(c1)CCC2)Nc1ccc(OC(F)(F)F)cc1. The molecular weight excluding hydrogens is 363 g/mol. The molecule has 0 atom stereocenters. The first kappa shape index (κ1) is 18.8. The Morgan fingerprint density at radius 1 is 1.00 bits per heavy atom. The lowest BCUT2D eigenvalue weighted by molar-refractivity contribution is -0.274. The van der Waals surface area contributed by atoms with E-state index in [0.29, 0.717) is 5.56 Å². The van der Waals surface area contributed by atoms with Crippen LogP contribution in [0.1, 0.15) is 27.9 Å². The Labute approximate surface area is 153 Å². The van der Waals surface area contributed by atoms with E-state index in [1.807, 2.05) is 6.07 Å². The van der Waals surface area contributed by atoms with Gasteiger partial charge in [0.2, 0.25) is 0 Å². The summed E-state index contributed by atoms with van der Waals surface area (Å²) in [6, 6.07) is 9.98. The van der Waals surface area contributed by atoms with E-state index in [1.54, 1.807) is 12.1 Å². The summed E-state index contributed by atoms with van der Waals surface area (Å²) in [5.41, 5.74) is 2.98. The number of alkyl halides is 3. The number of anilines is 1. The Morgan fingerprint density at radius 2 is 1.70 bits per heavy atom. The molecule has 2 aromatic rings. The van der Waals surface area contributed by atoms with Crippen molar-refractivity contribution >= 4 is 17.6 Å². The van der Waals surface area contributed by atoms with Gasteiger partial charge in [0.15, 0.2) is 6.61 Å². The summed E-state index contributed by atoms with van der Waals surface area (Å²) in [5, 5.41) is 2.43. The summed E-state index contributed by atoms with van der Waals surface area (Å²) < 4.78 is 45.0. The van der Waals surface area contributed by atoms with E-state index in [4.69, 9.17) is 4.74 Å². The van der Waals surface area contributed by atoms with Crippen molar-refractivity contribution in [3.63, 3.8) is 0 Å². The van der Waals surface area contributed by atoms with Crippen LogP contribution in [0.25, 0.3) is 0 Å². The molecule has 142 valence electrons. The number of halogens is 3. The second-order valence-corrected chi connectivity index (χ2v) is 6.03. The molecule has 0 unspecified atom stereocenters. The zero-order valence-corrected chi connectivity index (χ0v) is 14.1. The maximum Gasteiger partial charge on any atom is 0.573 e. The molecule has 0 saturated heterocycles. The molecule has 0 fully saturated rings. The largest absolute Gasteiger partial charge is 0.573 e. The molecule has 8 heteroatoms. The molecule has 1 aliphatic rings. The van der Waals surface area contributed by atoms with Crippen LogP contribution in [-0.4, -0.2) is 24.8 Å². The summed E-state index contributed by atoms with van der Waals surface area (Å²) in [7, 11) is 0. The Kier molecular flexibility index (Phi) is 5.34. The van der Waals surface area contributed by atoms with Gasteiger partial charge in [-0.15, -0.1) is 13.2 Å². The van der Waals surface area contributed by atoms with Crippen molar-refractivity contribution in [3.05, 3.63) is 59.2 Å².